The van der Waals surface area contributed by atoms with Crippen molar-refractivity contribution >= 4 is 53.9 Å². The van der Waals surface area contributed by atoms with Gasteiger partial charge in [0.1, 0.15) is 26.8 Å². The van der Waals surface area contributed by atoms with Crippen molar-refractivity contribution in [2.45, 2.75) is 47.3 Å². The van der Waals surface area contributed by atoms with Crippen LogP contribution in [0, 0.1) is 0 Å². The number of hydrogen-bond acceptors (Lipinski definition) is 8. The van der Waals surface area contributed by atoms with Crippen molar-refractivity contribution in [2.75, 3.05) is 0 Å². The lowest BCUT2D eigenvalue weighted by Crippen LogP contribution is -2.31. The zero-order valence-electron chi connectivity index (χ0n) is 29.7. The quantitative estimate of drug-likeness (QED) is 0.0969. The molecule has 7 aromatic rings. The molecule has 0 bridgehead atoms. The molecule has 0 saturated heterocycles. The van der Waals surface area contributed by atoms with Gasteiger partial charge in [-0.25, -0.2) is 4.21 Å². The molecule has 0 spiro atoms. The number of nitrogens with zero attached hydrogens (tertiary/aromatic N) is 4. The Kier molecular flexibility index (Phi) is 9.00. The van der Waals surface area contributed by atoms with Crippen molar-refractivity contribution in [2.24, 2.45) is 20.5 Å². The van der Waals surface area contributed by atoms with Crippen molar-refractivity contribution in [1.29, 1.82) is 0 Å². The predicted molar refractivity (Wildman–Crippen MR) is 214 cm³/mol. The number of phenols is 3. The maximum atomic E-state index is 13.5. The molecule has 0 radical (unpaired) electrons. The SMILES string of the molecule is O=S(O)(O)(c1ccccc1)c1ccc2ccc(N=Nc3ccc(C4(c5ccc(N=Nc6ccc7ccc(O)cc7c6O)cc5)CCCCC4)cc3)c(O)c2c1. The highest BCUT2D eigenvalue weighted by molar-refractivity contribution is 8.10. The van der Waals surface area contributed by atoms with E-state index in [2.05, 4.69) is 44.7 Å². The minimum Gasteiger partial charge on any atom is -0.508 e. The van der Waals surface area contributed by atoms with Crippen molar-refractivity contribution in [3.05, 3.63) is 151 Å². The second-order valence-corrected chi connectivity index (χ2v) is 16.6. The highest BCUT2D eigenvalue weighted by atomic mass is 32.3. The summed E-state index contributed by atoms with van der Waals surface area (Å²) < 4.78 is 35.5. The van der Waals surface area contributed by atoms with E-state index in [-0.39, 0.29) is 43.5 Å². The third kappa shape index (κ3) is 6.74. The number of benzene rings is 7. The Balaban J connectivity index is 1.03. The van der Waals surface area contributed by atoms with Crippen LogP contribution in [0.3, 0.4) is 0 Å². The first kappa shape index (κ1) is 35.7. The van der Waals surface area contributed by atoms with Crippen LogP contribution in [0.15, 0.2) is 170 Å². The summed E-state index contributed by atoms with van der Waals surface area (Å²) in [5.74, 6) is -0.208. The monoisotopic (exact) mass is 750 g/mol. The van der Waals surface area contributed by atoms with Gasteiger partial charge in [-0.1, -0.05) is 86.0 Å². The Morgan fingerprint density at radius 2 is 0.982 bits per heavy atom. The molecule has 1 aliphatic carbocycles. The van der Waals surface area contributed by atoms with Gasteiger partial charge in [-0.2, -0.15) is 10.2 Å². The molecule has 1 saturated carbocycles. The number of azo groups is 2. The van der Waals surface area contributed by atoms with Gasteiger partial charge in [0, 0.05) is 16.2 Å². The smallest absolute Gasteiger partial charge is 0.151 e. The van der Waals surface area contributed by atoms with E-state index in [1.165, 1.54) is 42.3 Å². The van der Waals surface area contributed by atoms with E-state index in [1.807, 2.05) is 30.3 Å². The maximum Gasteiger partial charge on any atom is 0.151 e. The molecule has 1 aliphatic rings. The molecule has 0 aromatic heterocycles. The lowest BCUT2D eigenvalue weighted by Gasteiger charge is -2.38. The summed E-state index contributed by atoms with van der Waals surface area (Å²) in [7, 11) is -5.40. The van der Waals surface area contributed by atoms with Gasteiger partial charge in [0.15, 0.2) is 11.5 Å². The van der Waals surface area contributed by atoms with E-state index in [0.717, 1.165) is 36.6 Å². The van der Waals surface area contributed by atoms with Gasteiger partial charge >= 0.3 is 0 Å². The second-order valence-electron chi connectivity index (χ2n) is 14.0. The first-order valence-electron chi connectivity index (χ1n) is 18.0. The number of fused-ring (bicyclic) bond motifs is 2. The second kappa shape index (κ2) is 13.9. The summed E-state index contributed by atoms with van der Waals surface area (Å²) in [6, 6.07) is 39.5. The molecular weight excluding hydrogens is 713 g/mol. The fourth-order valence-electron chi connectivity index (χ4n) is 7.56. The molecule has 0 aliphatic heterocycles. The van der Waals surface area contributed by atoms with Crippen molar-refractivity contribution in [3.63, 3.8) is 0 Å². The summed E-state index contributed by atoms with van der Waals surface area (Å²) in [4.78, 5) is -0.385. The molecule has 5 N–H and O–H groups in total. The number of rotatable bonds is 8. The minimum atomic E-state index is -5.40. The summed E-state index contributed by atoms with van der Waals surface area (Å²) in [5.41, 5.74) is 3.85. The molecule has 1 fully saturated rings. The van der Waals surface area contributed by atoms with Crippen LogP contribution in [0.1, 0.15) is 43.2 Å². The predicted octanol–water partition coefficient (Wildman–Crippen LogP) is 12.4. The average molecular weight is 751 g/mol. The fraction of sp³-hybridized carbons (Fsp3) is 0.136. The molecule has 0 heterocycles. The van der Waals surface area contributed by atoms with Crippen molar-refractivity contribution < 1.29 is 28.6 Å². The van der Waals surface area contributed by atoms with Gasteiger partial charge in [-0.05, 0) is 108 Å². The highest BCUT2D eigenvalue weighted by Gasteiger charge is 2.37. The van der Waals surface area contributed by atoms with Crippen LogP contribution < -0.4 is 0 Å². The largest absolute Gasteiger partial charge is 0.508 e. The molecule has 0 unspecified atom stereocenters. The van der Waals surface area contributed by atoms with Crippen LogP contribution in [-0.2, 0) is 15.0 Å². The third-order valence-electron chi connectivity index (χ3n) is 10.6. The number of aromatic hydroxyl groups is 3. The molecule has 11 heteroatoms. The van der Waals surface area contributed by atoms with Crippen LogP contribution in [-0.4, -0.2) is 28.6 Å². The van der Waals surface area contributed by atoms with Gasteiger partial charge in [-0.15, -0.1) is 10.2 Å². The zero-order chi connectivity index (χ0) is 38.2. The minimum absolute atomic E-state index is 0.0410. The Hall–Kier alpha value is -6.27. The first-order chi connectivity index (χ1) is 26.5. The topological polar surface area (TPSA) is 168 Å². The lowest BCUT2D eigenvalue weighted by molar-refractivity contribution is 0.346. The standard InChI is InChI=1S/C44H38N4O6S/c49-35-21-9-29-11-23-40(42(50)38(29)27-35)47-45-33-17-13-31(14-18-33)44(25-5-2-6-26-44)32-15-19-34(20-16-32)46-48-41-24-12-30-10-22-37(28-39(30)43(41)51)55(52,53,54)36-7-3-1-4-8-36/h1,3-4,7-24,27-28,49-51H,2,5-6,25-26H2,(H2,52,53,54). The maximum absolute atomic E-state index is 13.5. The van der Waals surface area contributed by atoms with E-state index in [4.69, 9.17) is 0 Å². The van der Waals surface area contributed by atoms with Crippen LogP contribution in [0.5, 0.6) is 17.2 Å². The fourth-order valence-corrected chi connectivity index (χ4v) is 9.12. The molecule has 0 atom stereocenters. The van der Waals surface area contributed by atoms with Gasteiger partial charge in [-0.3, -0.25) is 0 Å². The van der Waals surface area contributed by atoms with Gasteiger partial charge < -0.3 is 24.4 Å². The van der Waals surface area contributed by atoms with Crippen LogP contribution in [0.4, 0.5) is 22.7 Å². The Morgan fingerprint density at radius 3 is 1.53 bits per heavy atom. The zero-order valence-corrected chi connectivity index (χ0v) is 30.5. The third-order valence-corrected chi connectivity index (χ3v) is 12.8. The molecular formula is C44H38N4O6S. The lowest BCUT2D eigenvalue weighted by atomic mass is 9.65. The van der Waals surface area contributed by atoms with E-state index in [1.54, 1.807) is 54.6 Å². The van der Waals surface area contributed by atoms with Gasteiger partial charge in [0.2, 0.25) is 0 Å². The molecule has 8 rings (SSSR count). The Morgan fingerprint density at radius 1 is 0.491 bits per heavy atom. The summed E-state index contributed by atoms with van der Waals surface area (Å²) >= 11 is 0. The number of hydrogen-bond donors (Lipinski definition) is 5. The molecule has 0 amide bonds. The first-order valence-corrected chi connectivity index (χ1v) is 19.8. The summed E-state index contributed by atoms with van der Waals surface area (Å²) in [5, 5.41) is 51.3. The summed E-state index contributed by atoms with van der Waals surface area (Å²) in [6.07, 6.45) is 5.33. The molecule has 10 nitrogen and oxygen atoms in total. The van der Waals surface area contributed by atoms with Crippen molar-refractivity contribution in [3.8, 4) is 17.2 Å². The van der Waals surface area contributed by atoms with E-state index in [9.17, 15) is 28.6 Å². The van der Waals surface area contributed by atoms with Crippen LogP contribution in [0.25, 0.3) is 21.5 Å². The molecule has 276 valence electrons. The van der Waals surface area contributed by atoms with Crippen LogP contribution in [0.2, 0.25) is 0 Å². The van der Waals surface area contributed by atoms with Gasteiger partial charge in [0.05, 0.1) is 21.2 Å². The average Bonchev–Trinajstić information content (AvgIpc) is 3.21. The van der Waals surface area contributed by atoms with Crippen molar-refractivity contribution in [1.82, 2.24) is 0 Å². The van der Waals surface area contributed by atoms with E-state index >= 15 is 0 Å². The highest BCUT2D eigenvalue weighted by Crippen LogP contribution is 2.47. The molecule has 7 aromatic carbocycles. The van der Waals surface area contributed by atoms with Crippen LogP contribution >= 0.6 is 0 Å². The number of phenolic OH excluding ortho intramolecular Hbond substituents is 3. The van der Waals surface area contributed by atoms with E-state index < -0.39 is 9.63 Å². The molecule has 55 heavy (non-hydrogen) atoms. The summed E-state index contributed by atoms with van der Waals surface area (Å²) in [6.45, 7) is 0. The Labute approximate surface area is 317 Å². The normalized spacial score (nSPS) is 15.4. The Bertz CT molecular complexity index is 2690. The van der Waals surface area contributed by atoms with Gasteiger partial charge in [0.25, 0.3) is 0 Å². The van der Waals surface area contributed by atoms with E-state index in [0.29, 0.717) is 27.8 Å².